The summed E-state index contributed by atoms with van der Waals surface area (Å²) in [6.45, 7) is 9.67. The molecule has 0 aliphatic rings. The van der Waals surface area contributed by atoms with Crippen LogP contribution < -0.4 is 5.73 Å². The third kappa shape index (κ3) is 4.63. The van der Waals surface area contributed by atoms with E-state index in [2.05, 4.69) is 24.2 Å². The molecular formula is C13H25N5O. The topological polar surface area (TPSA) is 77.0 Å². The van der Waals surface area contributed by atoms with Gasteiger partial charge in [-0.25, -0.2) is 4.68 Å². The molecule has 1 aromatic rings. The van der Waals surface area contributed by atoms with Crippen LogP contribution >= 0.6 is 0 Å². The quantitative estimate of drug-likeness (QED) is 0.803. The minimum absolute atomic E-state index is 0.0787. The molecule has 2 N–H and O–H groups in total. The Labute approximate surface area is 115 Å². The number of hydrogen-bond donors (Lipinski definition) is 1. The predicted octanol–water partition coefficient (Wildman–Crippen LogP) is 1.12. The van der Waals surface area contributed by atoms with Gasteiger partial charge in [0.15, 0.2) is 0 Å². The highest BCUT2D eigenvalue weighted by molar-refractivity contribution is 5.75. The Hall–Kier alpha value is -1.43. The van der Waals surface area contributed by atoms with E-state index in [4.69, 9.17) is 5.73 Å². The van der Waals surface area contributed by atoms with Crippen LogP contribution in [0.1, 0.15) is 46.2 Å². The van der Waals surface area contributed by atoms with Gasteiger partial charge in [0.2, 0.25) is 5.91 Å². The van der Waals surface area contributed by atoms with Gasteiger partial charge >= 0.3 is 0 Å². The van der Waals surface area contributed by atoms with Gasteiger partial charge in [-0.3, -0.25) is 4.79 Å². The minimum Gasteiger partial charge on any atom is -0.341 e. The lowest BCUT2D eigenvalue weighted by Gasteiger charge is -2.21. The lowest BCUT2D eigenvalue weighted by Crippen LogP contribution is -2.35. The number of carbonyl (C=O) groups is 1. The molecule has 0 atom stereocenters. The van der Waals surface area contributed by atoms with Crippen LogP contribution in [0.15, 0.2) is 6.20 Å². The molecule has 0 unspecified atom stereocenters. The van der Waals surface area contributed by atoms with Gasteiger partial charge in [0.25, 0.3) is 0 Å². The Kier molecular flexibility index (Phi) is 5.47. The van der Waals surface area contributed by atoms with Gasteiger partial charge in [-0.15, -0.1) is 5.10 Å². The molecule has 0 aliphatic carbocycles. The molecule has 0 saturated heterocycles. The van der Waals surface area contributed by atoms with Crippen molar-refractivity contribution >= 4 is 5.91 Å². The summed E-state index contributed by atoms with van der Waals surface area (Å²) in [4.78, 5) is 14.0. The summed E-state index contributed by atoms with van der Waals surface area (Å²) in [5.74, 6) is 0.0787. The summed E-state index contributed by atoms with van der Waals surface area (Å²) in [5.41, 5.74) is 6.10. The van der Waals surface area contributed by atoms with Crippen LogP contribution in [0.5, 0.6) is 0 Å². The molecule has 0 aliphatic heterocycles. The number of hydrogen-bond acceptors (Lipinski definition) is 4. The van der Waals surface area contributed by atoms with Crippen LogP contribution in [0.3, 0.4) is 0 Å². The van der Waals surface area contributed by atoms with E-state index in [1.165, 1.54) is 0 Å². The fourth-order valence-electron chi connectivity index (χ4n) is 1.81. The summed E-state index contributed by atoms with van der Waals surface area (Å²) in [6.07, 6.45) is 3.67. The van der Waals surface area contributed by atoms with Gasteiger partial charge < -0.3 is 10.6 Å². The molecule has 19 heavy (non-hydrogen) atoms. The third-order valence-electron chi connectivity index (χ3n) is 2.84. The molecular weight excluding hydrogens is 242 g/mol. The molecule has 1 amide bonds. The molecule has 1 rings (SSSR count). The molecule has 0 aromatic carbocycles. The van der Waals surface area contributed by atoms with Crippen molar-refractivity contribution in [2.24, 2.45) is 5.73 Å². The second kappa shape index (κ2) is 6.65. The Balaban J connectivity index is 2.67. The van der Waals surface area contributed by atoms with E-state index in [-0.39, 0.29) is 12.5 Å². The van der Waals surface area contributed by atoms with Gasteiger partial charge in [0.05, 0.1) is 11.7 Å². The maximum Gasteiger partial charge on any atom is 0.244 e. The number of nitrogens with zero attached hydrogens (tertiary/aromatic N) is 4. The van der Waals surface area contributed by atoms with Crippen molar-refractivity contribution in [3.63, 3.8) is 0 Å². The largest absolute Gasteiger partial charge is 0.341 e. The molecule has 1 heterocycles. The predicted molar refractivity (Wildman–Crippen MR) is 74.4 cm³/mol. The highest BCUT2D eigenvalue weighted by Gasteiger charge is 2.19. The second-order valence-electron chi connectivity index (χ2n) is 5.40. The average Bonchev–Trinajstić information content (AvgIpc) is 2.77. The van der Waals surface area contributed by atoms with Crippen molar-refractivity contribution in [2.75, 3.05) is 13.1 Å². The van der Waals surface area contributed by atoms with E-state index >= 15 is 0 Å². The summed E-state index contributed by atoms with van der Waals surface area (Å²) in [6, 6.07) is 0. The summed E-state index contributed by atoms with van der Waals surface area (Å²) in [7, 11) is 0. The van der Waals surface area contributed by atoms with E-state index in [9.17, 15) is 4.79 Å². The third-order valence-corrected chi connectivity index (χ3v) is 2.84. The van der Waals surface area contributed by atoms with Crippen molar-refractivity contribution in [3.05, 3.63) is 11.9 Å². The fraction of sp³-hybridized carbons (Fsp3) is 0.769. The standard InChI is InChI=1S/C13H25N5O/c1-5-7-17(8-6-2)12(19)10-18-9-11(15-16-18)13(3,4)14/h9H,5-8,10,14H2,1-4H3. The Morgan fingerprint density at radius 1 is 1.37 bits per heavy atom. The first-order valence-electron chi connectivity index (χ1n) is 6.85. The van der Waals surface area contributed by atoms with Crippen LogP contribution in [0, 0.1) is 0 Å². The summed E-state index contributed by atoms with van der Waals surface area (Å²) >= 11 is 0. The van der Waals surface area contributed by atoms with Crippen molar-refractivity contribution in [2.45, 2.75) is 52.6 Å². The van der Waals surface area contributed by atoms with E-state index in [0.717, 1.165) is 25.9 Å². The molecule has 108 valence electrons. The number of carbonyl (C=O) groups excluding carboxylic acids is 1. The molecule has 0 radical (unpaired) electrons. The van der Waals surface area contributed by atoms with E-state index in [0.29, 0.717) is 5.69 Å². The summed E-state index contributed by atoms with van der Waals surface area (Å²) in [5, 5.41) is 7.97. The van der Waals surface area contributed by atoms with Crippen LogP contribution in [0.25, 0.3) is 0 Å². The van der Waals surface area contributed by atoms with Crippen LogP contribution in [0.4, 0.5) is 0 Å². The summed E-state index contributed by atoms with van der Waals surface area (Å²) < 4.78 is 1.56. The van der Waals surface area contributed by atoms with Gasteiger partial charge in [-0.05, 0) is 26.7 Å². The van der Waals surface area contributed by atoms with Gasteiger partial charge in [-0.2, -0.15) is 0 Å². The van der Waals surface area contributed by atoms with Crippen LogP contribution in [-0.4, -0.2) is 38.9 Å². The zero-order chi connectivity index (χ0) is 14.5. The van der Waals surface area contributed by atoms with Crippen molar-refractivity contribution in [3.8, 4) is 0 Å². The van der Waals surface area contributed by atoms with Gasteiger partial charge in [-0.1, -0.05) is 19.1 Å². The van der Waals surface area contributed by atoms with Crippen molar-refractivity contribution in [1.29, 1.82) is 0 Å². The zero-order valence-electron chi connectivity index (χ0n) is 12.4. The Bertz CT molecular complexity index is 401. The molecule has 0 fully saturated rings. The maximum absolute atomic E-state index is 12.2. The second-order valence-corrected chi connectivity index (χ2v) is 5.40. The first-order valence-corrected chi connectivity index (χ1v) is 6.85. The Morgan fingerprint density at radius 2 is 1.95 bits per heavy atom. The number of amides is 1. The maximum atomic E-state index is 12.2. The van der Waals surface area contributed by atoms with Crippen molar-refractivity contribution in [1.82, 2.24) is 19.9 Å². The molecule has 1 aromatic heterocycles. The first-order chi connectivity index (χ1) is 8.88. The van der Waals surface area contributed by atoms with Crippen LogP contribution in [-0.2, 0) is 16.9 Å². The molecule has 0 saturated carbocycles. The number of nitrogens with two attached hydrogens (primary N) is 1. The lowest BCUT2D eigenvalue weighted by atomic mass is 10.0. The molecule has 0 spiro atoms. The SMILES string of the molecule is CCCN(CCC)C(=O)Cn1cc(C(C)(C)N)nn1. The number of aromatic nitrogens is 3. The molecule has 6 nitrogen and oxygen atoms in total. The highest BCUT2D eigenvalue weighted by Crippen LogP contribution is 2.12. The van der Waals surface area contributed by atoms with Gasteiger partial charge in [0.1, 0.15) is 12.2 Å². The monoisotopic (exact) mass is 267 g/mol. The normalized spacial score (nSPS) is 11.6. The highest BCUT2D eigenvalue weighted by atomic mass is 16.2. The smallest absolute Gasteiger partial charge is 0.244 e. The Morgan fingerprint density at radius 3 is 2.37 bits per heavy atom. The number of rotatable bonds is 7. The first kappa shape index (κ1) is 15.6. The molecule has 0 bridgehead atoms. The van der Waals surface area contributed by atoms with E-state index in [1.54, 1.807) is 10.9 Å². The fourth-order valence-corrected chi connectivity index (χ4v) is 1.81. The lowest BCUT2D eigenvalue weighted by molar-refractivity contribution is -0.132. The average molecular weight is 267 g/mol. The zero-order valence-corrected chi connectivity index (χ0v) is 12.4. The van der Waals surface area contributed by atoms with Gasteiger partial charge in [0, 0.05) is 13.1 Å². The van der Waals surface area contributed by atoms with Crippen molar-refractivity contribution < 1.29 is 4.79 Å². The van der Waals surface area contributed by atoms with E-state index in [1.807, 2.05) is 18.7 Å². The minimum atomic E-state index is -0.534. The van der Waals surface area contributed by atoms with E-state index < -0.39 is 5.54 Å². The molecule has 6 heteroatoms. The van der Waals surface area contributed by atoms with Crippen LogP contribution in [0.2, 0.25) is 0 Å².